The van der Waals surface area contributed by atoms with Gasteiger partial charge in [-0.1, -0.05) is 52.0 Å². The largest absolute Gasteiger partial charge is 0.462 e. The highest BCUT2D eigenvalue weighted by atomic mass is 16.5. The zero-order valence-corrected chi connectivity index (χ0v) is 18.0. The molecule has 0 atom stereocenters. The van der Waals surface area contributed by atoms with Gasteiger partial charge in [-0.25, -0.2) is 4.79 Å². The number of hydrogen-bond donors (Lipinski definition) is 0. The summed E-state index contributed by atoms with van der Waals surface area (Å²) in [6.07, 6.45) is 3.98. The van der Waals surface area contributed by atoms with Crippen LogP contribution in [0.25, 0.3) is 5.57 Å². The molecule has 0 spiro atoms. The maximum atomic E-state index is 12.5. The number of carbonyl (C=O) groups excluding carboxylic acids is 1. The lowest BCUT2D eigenvalue weighted by atomic mass is 9.61. The van der Waals surface area contributed by atoms with Gasteiger partial charge in [-0.15, -0.1) is 0 Å². The van der Waals surface area contributed by atoms with E-state index in [1.165, 1.54) is 16.7 Å². The molecule has 3 nitrogen and oxygen atoms in total. The number of pyridine rings is 1. The molecule has 28 heavy (non-hydrogen) atoms. The average molecular weight is 378 g/mol. The molecule has 0 fully saturated rings. The Hall–Kier alpha value is -2.42. The van der Waals surface area contributed by atoms with Crippen molar-refractivity contribution in [3.63, 3.8) is 0 Å². The summed E-state index contributed by atoms with van der Waals surface area (Å²) < 4.78 is 5.24. The third-order valence-electron chi connectivity index (χ3n) is 5.98. The first-order valence-corrected chi connectivity index (χ1v) is 10.1. The monoisotopic (exact) mass is 377 g/mol. The van der Waals surface area contributed by atoms with E-state index in [2.05, 4.69) is 58.3 Å². The van der Waals surface area contributed by atoms with Crippen LogP contribution < -0.4 is 0 Å². The van der Waals surface area contributed by atoms with E-state index in [-0.39, 0.29) is 16.8 Å². The van der Waals surface area contributed by atoms with Crippen LogP contribution in [0.1, 0.15) is 85.8 Å². The predicted octanol–water partition coefficient (Wildman–Crippen LogP) is 5.98. The third kappa shape index (κ3) is 3.50. The van der Waals surface area contributed by atoms with Crippen LogP contribution in [-0.4, -0.2) is 17.6 Å². The molecule has 0 bridgehead atoms. The number of aromatic nitrogens is 1. The van der Waals surface area contributed by atoms with Crippen molar-refractivity contribution in [2.24, 2.45) is 0 Å². The maximum Gasteiger partial charge on any atom is 0.340 e. The van der Waals surface area contributed by atoms with Gasteiger partial charge in [0.25, 0.3) is 0 Å². The summed E-state index contributed by atoms with van der Waals surface area (Å²) in [6.45, 7) is 17.9. The molecule has 1 aromatic heterocycles. The first-order valence-electron chi connectivity index (χ1n) is 10.1. The highest BCUT2D eigenvalue weighted by Gasteiger charge is 2.39. The van der Waals surface area contributed by atoms with Crippen LogP contribution in [0.5, 0.6) is 0 Å². The van der Waals surface area contributed by atoms with E-state index >= 15 is 0 Å². The van der Waals surface area contributed by atoms with Crippen molar-refractivity contribution in [1.82, 2.24) is 4.98 Å². The Balaban J connectivity index is 2.23. The Bertz CT molecular complexity index is 938. The van der Waals surface area contributed by atoms with Gasteiger partial charge in [0.05, 0.1) is 17.9 Å². The van der Waals surface area contributed by atoms with Crippen LogP contribution in [0.4, 0.5) is 0 Å². The van der Waals surface area contributed by atoms with Crippen molar-refractivity contribution in [2.75, 3.05) is 6.61 Å². The standard InChI is InChI=1S/C25H31NO2/c1-8-28-23(27)18-10-9-13-26-22(18)17(3)19-14-16(2)15-20-21(19)25(6,7)12-11-24(20,4)5/h9-10,13-15H,3,8,11-12H2,1-2,4-7H3. The van der Waals surface area contributed by atoms with Crippen molar-refractivity contribution in [1.29, 1.82) is 0 Å². The summed E-state index contributed by atoms with van der Waals surface area (Å²) in [7, 11) is 0. The minimum absolute atomic E-state index is 0.0374. The summed E-state index contributed by atoms with van der Waals surface area (Å²) >= 11 is 0. The maximum absolute atomic E-state index is 12.5. The molecule has 1 aliphatic rings. The fourth-order valence-corrected chi connectivity index (χ4v) is 4.32. The van der Waals surface area contributed by atoms with Crippen LogP contribution in [0.15, 0.2) is 37.0 Å². The zero-order chi connectivity index (χ0) is 20.7. The molecule has 0 unspecified atom stereocenters. The lowest BCUT2D eigenvalue weighted by Gasteiger charge is -2.43. The first kappa shape index (κ1) is 20.3. The molecule has 0 amide bonds. The summed E-state index contributed by atoms with van der Waals surface area (Å²) in [4.78, 5) is 17.0. The Labute approximate surface area is 168 Å². The highest BCUT2D eigenvalue weighted by molar-refractivity contribution is 5.97. The van der Waals surface area contributed by atoms with Crippen molar-refractivity contribution in [3.8, 4) is 0 Å². The minimum Gasteiger partial charge on any atom is -0.462 e. The molecule has 3 heteroatoms. The molecule has 0 radical (unpaired) electrons. The molecule has 1 aromatic carbocycles. The zero-order valence-electron chi connectivity index (χ0n) is 18.0. The number of carbonyl (C=O) groups is 1. The Morgan fingerprint density at radius 3 is 2.50 bits per heavy atom. The van der Waals surface area contributed by atoms with Gasteiger partial charge in [0.1, 0.15) is 0 Å². The Morgan fingerprint density at radius 1 is 1.14 bits per heavy atom. The second-order valence-electron chi connectivity index (χ2n) is 9.10. The fraction of sp³-hybridized carbons (Fsp3) is 0.440. The number of benzene rings is 1. The van der Waals surface area contributed by atoms with E-state index in [1.807, 2.05) is 6.92 Å². The van der Waals surface area contributed by atoms with Gasteiger partial charge >= 0.3 is 5.97 Å². The van der Waals surface area contributed by atoms with Crippen molar-refractivity contribution < 1.29 is 9.53 Å². The van der Waals surface area contributed by atoms with Gasteiger partial charge in [0, 0.05) is 11.8 Å². The fourth-order valence-electron chi connectivity index (χ4n) is 4.32. The average Bonchev–Trinajstić information content (AvgIpc) is 2.64. The van der Waals surface area contributed by atoms with E-state index < -0.39 is 0 Å². The second-order valence-corrected chi connectivity index (χ2v) is 9.10. The van der Waals surface area contributed by atoms with Crippen LogP contribution in [0.2, 0.25) is 0 Å². The summed E-state index contributed by atoms with van der Waals surface area (Å²) in [5, 5.41) is 0. The molecule has 0 saturated heterocycles. The topological polar surface area (TPSA) is 39.2 Å². The van der Waals surface area contributed by atoms with Gasteiger partial charge in [-0.05, 0) is 66.3 Å². The molecule has 0 aliphatic heterocycles. The predicted molar refractivity (Wildman–Crippen MR) is 115 cm³/mol. The molecular formula is C25H31NO2. The number of hydrogen-bond acceptors (Lipinski definition) is 3. The van der Waals surface area contributed by atoms with Gasteiger partial charge in [-0.3, -0.25) is 4.98 Å². The van der Waals surface area contributed by atoms with E-state index in [0.717, 1.165) is 24.0 Å². The lowest BCUT2D eigenvalue weighted by molar-refractivity contribution is 0.0525. The number of fused-ring (bicyclic) bond motifs is 1. The third-order valence-corrected chi connectivity index (χ3v) is 5.98. The molecule has 0 N–H and O–H groups in total. The number of nitrogens with zero attached hydrogens (tertiary/aromatic N) is 1. The molecular weight excluding hydrogens is 346 g/mol. The number of ether oxygens (including phenoxy) is 1. The summed E-state index contributed by atoms with van der Waals surface area (Å²) in [6, 6.07) is 8.04. The van der Waals surface area contributed by atoms with Crippen molar-refractivity contribution in [2.45, 2.75) is 65.2 Å². The van der Waals surface area contributed by atoms with Crippen LogP contribution in [-0.2, 0) is 15.6 Å². The SMILES string of the molecule is C=C(c1cc(C)cc2c1C(C)(C)CCC2(C)C)c1ncccc1C(=O)OCC. The highest BCUT2D eigenvalue weighted by Crippen LogP contribution is 2.49. The van der Waals surface area contributed by atoms with Gasteiger partial charge in [0.15, 0.2) is 0 Å². The molecule has 148 valence electrons. The molecule has 1 heterocycles. The van der Waals surface area contributed by atoms with E-state index in [0.29, 0.717) is 17.9 Å². The Morgan fingerprint density at radius 2 is 1.82 bits per heavy atom. The molecule has 1 aliphatic carbocycles. The van der Waals surface area contributed by atoms with Crippen molar-refractivity contribution >= 4 is 11.5 Å². The smallest absolute Gasteiger partial charge is 0.340 e. The number of rotatable bonds is 4. The minimum atomic E-state index is -0.354. The Kier molecular flexibility index (Phi) is 5.22. The second kappa shape index (κ2) is 7.20. The van der Waals surface area contributed by atoms with Crippen molar-refractivity contribution in [3.05, 3.63) is 70.6 Å². The number of aryl methyl sites for hydroxylation is 1. The quantitative estimate of drug-likeness (QED) is 0.616. The first-order chi connectivity index (χ1) is 13.1. The van der Waals surface area contributed by atoms with E-state index in [1.54, 1.807) is 18.3 Å². The summed E-state index contributed by atoms with van der Waals surface area (Å²) in [5.74, 6) is -0.354. The molecule has 2 aromatic rings. The van der Waals surface area contributed by atoms with Crippen LogP contribution in [0.3, 0.4) is 0 Å². The van der Waals surface area contributed by atoms with E-state index in [9.17, 15) is 4.79 Å². The van der Waals surface area contributed by atoms with Crippen LogP contribution >= 0.6 is 0 Å². The molecule has 3 rings (SSSR count). The number of esters is 1. The van der Waals surface area contributed by atoms with Crippen LogP contribution in [0, 0.1) is 6.92 Å². The van der Waals surface area contributed by atoms with Gasteiger partial charge in [0.2, 0.25) is 0 Å². The van der Waals surface area contributed by atoms with Gasteiger partial charge < -0.3 is 4.74 Å². The lowest BCUT2D eigenvalue weighted by Crippen LogP contribution is -2.35. The normalized spacial score (nSPS) is 16.9. The summed E-state index contributed by atoms with van der Waals surface area (Å²) in [5.41, 5.74) is 7.02. The molecule has 0 saturated carbocycles. The van der Waals surface area contributed by atoms with E-state index in [4.69, 9.17) is 4.74 Å². The van der Waals surface area contributed by atoms with Gasteiger partial charge in [-0.2, -0.15) is 0 Å².